The van der Waals surface area contributed by atoms with Gasteiger partial charge in [0.15, 0.2) is 0 Å². The first-order valence-corrected chi connectivity index (χ1v) is 7.25. The van der Waals surface area contributed by atoms with E-state index in [1.165, 1.54) is 0 Å². The van der Waals surface area contributed by atoms with Crippen molar-refractivity contribution in [3.05, 3.63) is 34.6 Å². The number of benzene rings is 1. The van der Waals surface area contributed by atoms with E-state index >= 15 is 0 Å². The minimum atomic E-state index is -0.738. The summed E-state index contributed by atoms with van der Waals surface area (Å²) < 4.78 is 6.22. The summed E-state index contributed by atoms with van der Waals surface area (Å²) in [5.41, 5.74) is 0.871. The van der Waals surface area contributed by atoms with Crippen molar-refractivity contribution in [1.82, 2.24) is 10.1 Å². The molecule has 2 atom stereocenters. The number of carbonyl (C=O) groups is 1. The standard InChI is InChI=1S/C14H13BrN2O3/c15-11-4-2-1-3-10(11)12-16-13(20-17-12)8-5-6-9(7-8)14(18)19/h1-4,8-9H,5-7H2,(H,18,19). The van der Waals surface area contributed by atoms with E-state index in [0.717, 1.165) is 16.5 Å². The molecule has 5 nitrogen and oxygen atoms in total. The molecule has 2 aromatic rings. The zero-order valence-electron chi connectivity index (χ0n) is 10.6. The number of rotatable bonds is 3. The lowest BCUT2D eigenvalue weighted by atomic mass is 10.1. The maximum absolute atomic E-state index is 11.0. The summed E-state index contributed by atoms with van der Waals surface area (Å²) in [5.74, 6) is 0.0995. The first-order chi connectivity index (χ1) is 9.65. The lowest BCUT2D eigenvalue weighted by molar-refractivity contribution is -0.141. The molecular weight excluding hydrogens is 324 g/mol. The number of hydrogen-bond donors (Lipinski definition) is 1. The number of aliphatic carboxylic acids is 1. The summed E-state index contributed by atoms with van der Waals surface area (Å²) in [6, 6.07) is 7.66. The van der Waals surface area contributed by atoms with E-state index in [1.54, 1.807) is 0 Å². The molecule has 1 heterocycles. The lowest BCUT2D eigenvalue weighted by Gasteiger charge is -2.02. The number of nitrogens with zero attached hydrogens (tertiary/aromatic N) is 2. The average Bonchev–Trinajstić information content (AvgIpc) is 3.08. The van der Waals surface area contributed by atoms with Crippen LogP contribution in [0.3, 0.4) is 0 Å². The van der Waals surface area contributed by atoms with Gasteiger partial charge in [0.2, 0.25) is 11.7 Å². The van der Waals surface area contributed by atoms with Gasteiger partial charge in [0, 0.05) is 16.0 Å². The lowest BCUT2D eigenvalue weighted by Crippen LogP contribution is -2.09. The second kappa shape index (κ2) is 5.36. The first kappa shape index (κ1) is 13.3. The summed E-state index contributed by atoms with van der Waals surface area (Å²) in [6.45, 7) is 0. The largest absolute Gasteiger partial charge is 0.481 e. The molecule has 6 heteroatoms. The molecule has 1 saturated carbocycles. The second-order valence-corrected chi connectivity index (χ2v) is 5.84. The molecule has 104 valence electrons. The van der Waals surface area contributed by atoms with Gasteiger partial charge >= 0.3 is 5.97 Å². The Bertz CT molecular complexity index is 641. The molecule has 20 heavy (non-hydrogen) atoms. The van der Waals surface area contributed by atoms with Gasteiger partial charge in [-0.25, -0.2) is 0 Å². The summed E-state index contributed by atoms with van der Waals surface area (Å²) in [6.07, 6.45) is 2.04. The van der Waals surface area contributed by atoms with Crippen LogP contribution in [0.5, 0.6) is 0 Å². The van der Waals surface area contributed by atoms with E-state index in [1.807, 2.05) is 24.3 Å². The number of aromatic nitrogens is 2. The summed E-state index contributed by atoms with van der Waals surface area (Å²) >= 11 is 3.46. The average molecular weight is 337 g/mol. The molecule has 1 aliphatic rings. The van der Waals surface area contributed by atoms with Crippen LogP contribution in [0.15, 0.2) is 33.3 Å². The van der Waals surface area contributed by atoms with Crippen molar-refractivity contribution in [2.45, 2.75) is 25.2 Å². The van der Waals surface area contributed by atoms with Crippen molar-refractivity contribution in [3.8, 4) is 11.4 Å². The molecule has 1 aliphatic carbocycles. The molecule has 0 aliphatic heterocycles. The van der Waals surface area contributed by atoms with Gasteiger partial charge in [0.25, 0.3) is 0 Å². The molecule has 3 rings (SSSR count). The highest BCUT2D eigenvalue weighted by Crippen LogP contribution is 2.38. The zero-order valence-corrected chi connectivity index (χ0v) is 12.2. The van der Waals surface area contributed by atoms with Gasteiger partial charge in [-0.15, -0.1) is 0 Å². The van der Waals surface area contributed by atoms with Gasteiger partial charge in [0.05, 0.1) is 5.92 Å². The maximum atomic E-state index is 11.0. The van der Waals surface area contributed by atoms with Gasteiger partial charge in [-0.2, -0.15) is 4.98 Å². The molecule has 0 spiro atoms. The van der Waals surface area contributed by atoms with Crippen molar-refractivity contribution in [3.63, 3.8) is 0 Å². The van der Waals surface area contributed by atoms with Crippen molar-refractivity contribution < 1.29 is 14.4 Å². The Morgan fingerprint density at radius 1 is 1.35 bits per heavy atom. The quantitative estimate of drug-likeness (QED) is 0.928. The SMILES string of the molecule is O=C(O)C1CCC(c2nc(-c3ccccc3Br)no2)C1. The predicted molar refractivity (Wildman–Crippen MR) is 75.2 cm³/mol. The van der Waals surface area contributed by atoms with E-state index in [2.05, 4.69) is 26.1 Å². The molecule has 1 aromatic heterocycles. The fourth-order valence-electron chi connectivity index (χ4n) is 2.58. The topological polar surface area (TPSA) is 76.2 Å². The molecular formula is C14H13BrN2O3. The van der Waals surface area contributed by atoms with Gasteiger partial charge < -0.3 is 9.63 Å². The third-order valence-corrected chi connectivity index (χ3v) is 4.38. The van der Waals surface area contributed by atoms with Gasteiger partial charge in [-0.05, 0) is 31.4 Å². The Labute approximate surface area is 124 Å². The molecule has 0 saturated heterocycles. The van der Waals surface area contributed by atoms with Crippen LogP contribution in [0.4, 0.5) is 0 Å². The van der Waals surface area contributed by atoms with E-state index in [0.29, 0.717) is 24.6 Å². The predicted octanol–water partition coefficient (Wildman–Crippen LogP) is 3.47. The Morgan fingerprint density at radius 3 is 2.85 bits per heavy atom. The van der Waals surface area contributed by atoms with Crippen LogP contribution in [0.1, 0.15) is 31.1 Å². The number of halogens is 1. The van der Waals surface area contributed by atoms with E-state index < -0.39 is 5.97 Å². The second-order valence-electron chi connectivity index (χ2n) is 4.98. The Kier molecular flexibility index (Phi) is 3.56. The normalized spacial score (nSPS) is 22.1. The fraction of sp³-hybridized carbons (Fsp3) is 0.357. The third kappa shape index (κ3) is 2.47. The van der Waals surface area contributed by atoms with Crippen LogP contribution in [-0.2, 0) is 4.79 Å². The van der Waals surface area contributed by atoms with Crippen LogP contribution in [0.2, 0.25) is 0 Å². The van der Waals surface area contributed by atoms with E-state index in [9.17, 15) is 4.79 Å². The highest BCUT2D eigenvalue weighted by atomic mass is 79.9. The van der Waals surface area contributed by atoms with Gasteiger partial charge in [0.1, 0.15) is 0 Å². The van der Waals surface area contributed by atoms with Crippen LogP contribution in [0, 0.1) is 5.92 Å². The summed E-state index contributed by atoms with van der Waals surface area (Å²) in [7, 11) is 0. The third-order valence-electron chi connectivity index (χ3n) is 3.69. The van der Waals surface area contributed by atoms with Crippen molar-refractivity contribution in [2.75, 3.05) is 0 Å². The minimum Gasteiger partial charge on any atom is -0.481 e. The fourth-order valence-corrected chi connectivity index (χ4v) is 3.05. The highest BCUT2D eigenvalue weighted by Gasteiger charge is 2.33. The van der Waals surface area contributed by atoms with Crippen LogP contribution >= 0.6 is 15.9 Å². The Morgan fingerprint density at radius 2 is 2.15 bits per heavy atom. The van der Waals surface area contributed by atoms with Crippen LogP contribution < -0.4 is 0 Å². The molecule has 0 amide bonds. The molecule has 0 radical (unpaired) electrons. The number of carboxylic acids is 1. The first-order valence-electron chi connectivity index (χ1n) is 6.46. The van der Waals surface area contributed by atoms with Crippen molar-refractivity contribution in [2.24, 2.45) is 5.92 Å². The Balaban J connectivity index is 1.81. The summed E-state index contributed by atoms with van der Waals surface area (Å²) in [5, 5.41) is 13.0. The highest BCUT2D eigenvalue weighted by molar-refractivity contribution is 9.10. The molecule has 1 fully saturated rings. The van der Waals surface area contributed by atoms with E-state index in [-0.39, 0.29) is 11.8 Å². The van der Waals surface area contributed by atoms with Crippen molar-refractivity contribution in [1.29, 1.82) is 0 Å². The Hall–Kier alpha value is -1.69. The zero-order chi connectivity index (χ0) is 14.1. The van der Waals surface area contributed by atoms with E-state index in [4.69, 9.17) is 9.63 Å². The molecule has 1 aromatic carbocycles. The monoisotopic (exact) mass is 336 g/mol. The van der Waals surface area contributed by atoms with Crippen LogP contribution in [-0.4, -0.2) is 21.2 Å². The number of carboxylic acid groups (broad SMARTS) is 1. The van der Waals surface area contributed by atoms with Gasteiger partial charge in [-0.3, -0.25) is 4.79 Å². The van der Waals surface area contributed by atoms with Gasteiger partial charge in [-0.1, -0.05) is 33.2 Å². The smallest absolute Gasteiger partial charge is 0.306 e. The maximum Gasteiger partial charge on any atom is 0.306 e. The molecule has 2 unspecified atom stereocenters. The summed E-state index contributed by atoms with van der Waals surface area (Å²) in [4.78, 5) is 15.4. The number of hydrogen-bond acceptors (Lipinski definition) is 4. The minimum absolute atomic E-state index is 0.0554. The van der Waals surface area contributed by atoms with Crippen molar-refractivity contribution >= 4 is 21.9 Å². The van der Waals surface area contributed by atoms with Crippen LogP contribution in [0.25, 0.3) is 11.4 Å². The molecule has 0 bridgehead atoms. The molecule has 1 N–H and O–H groups in total.